The summed E-state index contributed by atoms with van der Waals surface area (Å²) >= 11 is 0. The summed E-state index contributed by atoms with van der Waals surface area (Å²) in [7, 11) is 0. The molecule has 0 saturated heterocycles. The lowest BCUT2D eigenvalue weighted by Gasteiger charge is -1.96. The highest BCUT2D eigenvalue weighted by molar-refractivity contribution is 5.61. The van der Waals surface area contributed by atoms with Crippen LogP contribution in [0.5, 0.6) is 0 Å². The van der Waals surface area contributed by atoms with Crippen LogP contribution >= 0.6 is 0 Å². The highest BCUT2D eigenvalue weighted by atomic mass is 15.5. The molecule has 0 amide bonds. The molecule has 2 aromatic heterocycles. The predicted octanol–water partition coefficient (Wildman–Crippen LogP) is 0.967. The van der Waals surface area contributed by atoms with Crippen molar-refractivity contribution >= 4 is 0 Å². The lowest BCUT2D eigenvalue weighted by molar-refractivity contribution is 0.832. The first kappa shape index (κ1) is 7.79. The molecule has 0 fully saturated rings. The van der Waals surface area contributed by atoms with Crippen molar-refractivity contribution in [1.82, 2.24) is 14.9 Å². The Balaban J connectivity index is 2.46. The van der Waals surface area contributed by atoms with Crippen LogP contribution in [0.15, 0.2) is 30.9 Å². The van der Waals surface area contributed by atoms with E-state index in [4.69, 9.17) is 5.84 Å². The fourth-order valence-corrected chi connectivity index (χ4v) is 1.20. The number of pyridine rings is 1. The van der Waals surface area contributed by atoms with Crippen molar-refractivity contribution in [2.75, 3.05) is 5.84 Å². The van der Waals surface area contributed by atoms with E-state index in [0.29, 0.717) is 0 Å². The van der Waals surface area contributed by atoms with E-state index in [2.05, 4.69) is 10.1 Å². The number of aromatic nitrogens is 3. The van der Waals surface area contributed by atoms with Crippen LogP contribution in [0.3, 0.4) is 0 Å². The van der Waals surface area contributed by atoms with Crippen LogP contribution in [0, 0.1) is 6.92 Å². The molecule has 0 aliphatic carbocycles. The van der Waals surface area contributed by atoms with Gasteiger partial charge >= 0.3 is 0 Å². The van der Waals surface area contributed by atoms with Gasteiger partial charge in [-0.15, -0.1) is 0 Å². The summed E-state index contributed by atoms with van der Waals surface area (Å²) in [4.78, 5) is 5.38. The highest BCUT2D eigenvalue weighted by Gasteiger charge is 2.00. The minimum absolute atomic E-state index is 0.985. The molecule has 0 aliphatic rings. The quantitative estimate of drug-likeness (QED) is 0.655. The Morgan fingerprint density at radius 3 is 2.69 bits per heavy atom. The van der Waals surface area contributed by atoms with Crippen LogP contribution in [0.4, 0.5) is 0 Å². The Bertz CT molecular complexity index is 419. The van der Waals surface area contributed by atoms with Crippen LogP contribution < -0.4 is 5.84 Å². The molecule has 2 heterocycles. The zero-order valence-corrected chi connectivity index (χ0v) is 7.31. The molecule has 4 nitrogen and oxygen atoms in total. The van der Waals surface area contributed by atoms with Gasteiger partial charge in [-0.3, -0.25) is 4.98 Å². The van der Waals surface area contributed by atoms with Crippen molar-refractivity contribution < 1.29 is 0 Å². The maximum atomic E-state index is 5.44. The number of hydrogen-bond acceptors (Lipinski definition) is 3. The number of aryl methyl sites for hydroxylation is 1. The second kappa shape index (κ2) is 2.90. The molecule has 0 atom stereocenters. The van der Waals surface area contributed by atoms with Crippen molar-refractivity contribution in [2.24, 2.45) is 0 Å². The fourth-order valence-electron chi connectivity index (χ4n) is 1.20. The molecule has 0 bridgehead atoms. The van der Waals surface area contributed by atoms with Gasteiger partial charge < -0.3 is 5.84 Å². The molecule has 66 valence electrons. The molecule has 0 aliphatic heterocycles. The molecular formula is C9H10N4. The van der Waals surface area contributed by atoms with Gasteiger partial charge in [0.25, 0.3) is 0 Å². The predicted molar refractivity (Wildman–Crippen MR) is 50.3 cm³/mol. The number of rotatable bonds is 1. The van der Waals surface area contributed by atoms with Crippen molar-refractivity contribution in [3.63, 3.8) is 0 Å². The monoisotopic (exact) mass is 174 g/mol. The van der Waals surface area contributed by atoms with Crippen LogP contribution in [0.2, 0.25) is 0 Å². The van der Waals surface area contributed by atoms with E-state index in [9.17, 15) is 0 Å². The molecule has 13 heavy (non-hydrogen) atoms. The second-order valence-electron chi connectivity index (χ2n) is 2.96. The Kier molecular flexibility index (Phi) is 1.73. The highest BCUT2D eigenvalue weighted by Crippen LogP contribution is 2.17. The van der Waals surface area contributed by atoms with Gasteiger partial charge in [0, 0.05) is 23.5 Å². The van der Waals surface area contributed by atoms with Crippen LogP contribution in [0.25, 0.3) is 11.1 Å². The SMILES string of the molecule is Cc1cncc(-c2cnn(N)c2)c1. The van der Waals surface area contributed by atoms with Crippen molar-refractivity contribution in [1.29, 1.82) is 0 Å². The Hall–Kier alpha value is -1.84. The summed E-state index contributed by atoms with van der Waals surface area (Å²) in [5, 5.41) is 3.89. The second-order valence-corrected chi connectivity index (χ2v) is 2.96. The molecule has 0 spiro atoms. The summed E-state index contributed by atoms with van der Waals surface area (Å²) in [6.45, 7) is 2.00. The topological polar surface area (TPSA) is 56.7 Å². The Morgan fingerprint density at radius 1 is 1.23 bits per heavy atom. The van der Waals surface area contributed by atoms with E-state index in [-0.39, 0.29) is 0 Å². The third kappa shape index (κ3) is 1.51. The zero-order valence-electron chi connectivity index (χ0n) is 7.31. The van der Waals surface area contributed by atoms with Gasteiger partial charge in [-0.25, -0.2) is 0 Å². The Labute approximate surface area is 76.0 Å². The maximum absolute atomic E-state index is 5.44. The van der Waals surface area contributed by atoms with Crippen LogP contribution in [-0.2, 0) is 0 Å². The van der Waals surface area contributed by atoms with Gasteiger partial charge in [-0.05, 0) is 18.6 Å². The van der Waals surface area contributed by atoms with Gasteiger partial charge in [-0.1, -0.05) is 0 Å². The summed E-state index contributed by atoms with van der Waals surface area (Å²) < 4.78 is 0. The molecule has 0 radical (unpaired) electrons. The molecule has 2 aromatic rings. The van der Waals surface area contributed by atoms with E-state index in [1.807, 2.05) is 19.2 Å². The van der Waals surface area contributed by atoms with Crippen LogP contribution in [0.1, 0.15) is 5.56 Å². The average Bonchev–Trinajstić information content (AvgIpc) is 2.52. The summed E-state index contributed by atoms with van der Waals surface area (Å²) in [5.74, 6) is 5.44. The molecule has 4 heteroatoms. The number of nitrogen functional groups attached to an aromatic ring is 1. The largest absolute Gasteiger partial charge is 0.323 e. The van der Waals surface area contributed by atoms with Gasteiger partial charge in [0.2, 0.25) is 0 Å². The minimum Gasteiger partial charge on any atom is -0.323 e. The van der Waals surface area contributed by atoms with Gasteiger partial charge in [-0.2, -0.15) is 9.89 Å². The third-order valence-corrected chi connectivity index (χ3v) is 1.81. The van der Waals surface area contributed by atoms with E-state index < -0.39 is 0 Å². The molecule has 2 N–H and O–H groups in total. The standard InChI is InChI=1S/C9H10N4/c1-7-2-8(4-11-3-7)9-5-12-13(10)6-9/h2-6H,10H2,1H3. The van der Waals surface area contributed by atoms with E-state index >= 15 is 0 Å². The molecule has 0 saturated carbocycles. The number of nitrogens with zero attached hydrogens (tertiary/aromatic N) is 3. The molecule has 2 rings (SSSR count). The fraction of sp³-hybridized carbons (Fsp3) is 0.111. The maximum Gasteiger partial charge on any atom is 0.0589 e. The smallest absolute Gasteiger partial charge is 0.0589 e. The first-order valence-electron chi connectivity index (χ1n) is 3.97. The first-order valence-corrected chi connectivity index (χ1v) is 3.97. The average molecular weight is 174 g/mol. The molecule has 0 aromatic carbocycles. The van der Waals surface area contributed by atoms with Gasteiger partial charge in [0.05, 0.1) is 12.4 Å². The van der Waals surface area contributed by atoms with Crippen molar-refractivity contribution in [3.05, 3.63) is 36.4 Å². The number of nitrogens with two attached hydrogens (primary N) is 1. The summed E-state index contributed by atoms with van der Waals surface area (Å²) in [6.07, 6.45) is 7.09. The number of hydrogen-bond donors (Lipinski definition) is 1. The zero-order chi connectivity index (χ0) is 9.26. The van der Waals surface area contributed by atoms with Gasteiger partial charge in [0.15, 0.2) is 0 Å². The minimum atomic E-state index is 0.985. The lowest BCUT2D eigenvalue weighted by Crippen LogP contribution is -2.06. The van der Waals surface area contributed by atoms with Crippen molar-refractivity contribution in [3.8, 4) is 11.1 Å². The lowest BCUT2D eigenvalue weighted by atomic mass is 10.1. The normalized spacial score (nSPS) is 10.2. The van der Waals surface area contributed by atoms with E-state index in [1.54, 1.807) is 18.6 Å². The summed E-state index contributed by atoms with van der Waals surface area (Å²) in [6, 6.07) is 2.05. The molecular weight excluding hydrogens is 164 g/mol. The third-order valence-electron chi connectivity index (χ3n) is 1.81. The van der Waals surface area contributed by atoms with E-state index in [0.717, 1.165) is 16.7 Å². The van der Waals surface area contributed by atoms with E-state index in [1.165, 1.54) is 4.79 Å². The first-order chi connectivity index (χ1) is 6.25. The summed E-state index contributed by atoms with van der Waals surface area (Å²) in [5.41, 5.74) is 3.15. The van der Waals surface area contributed by atoms with Crippen LogP contribution in [-0.4, -0.2) is 14.9 Å². The van der Waals surface area contributed by atoms with Crippen molar-refractivity contribution in [2.45, 2.75) is 6.92 Å². The van der Waals surface area contributed by atoms with Gasteiger partial charge in [0.1, 0.15) is 0 Å². The molecule has 0 unspecified atom stereocenters. The Morgan fingerprint density at radius 2 is 2.08 bits per heavy atom.